The first-order valence-electron chi connectivity index (χ1n) is 8.33. The van der Waals surface area contributed by atoms with Crippen LogP contribution in [0.5, 0.6) is 0 Å². The molecule has 2 heterocycles. The van der Waals surface area contributed by atoms with Crippen LogP contribution in [-0.4, -0.2) is 21.0 Å². The first-order valence-corrected chi connectivity index (χ1v) is 9.15. The van der Waals surface area contributed by atoms with Gasteiger partial charge in [-0.1, -0.05) is 18.2 Å². The van der Waals surface area contributed by atoms with Crippen molar-refractivity contribution in [3.05, 3.63) is 76.8 Å². The summed E-state index contributed by atoms with van der Waals surface area (Å²) in [5, 5.41) is 7.76. The van der Waals surface area contributed by atoms with Crippen molar-refractivity contribution in [3.63, 3.8) is 0 Å². The van der Waals surface area contributed by atoms with Gasteiger partial charge in [0.15, 0.2) is 10.8 Å². The Hall–Kier alpha value is -3.26. The lowest BCUT2D eigenvalue weighted by molar-refractivity contribution is 0.0990. The zero-order valence-corrected chi connectivity index (χ0v) is 15.5. The summed E-state index contributed by atoms with van der Waals surface area (Å²) >= 11 is 1.19. The van der Waals surface area contributed by atoms with Gasteiger partial charge >= 0.3 is 0 Å². The molecule has 2 aromatic carbocycles. The van der Waals surface area contributed by atoms with Crippen molar-refractivity contribution in [2.24, 2.45) is 0 Å². The average Bonchev–Trinajstić information content (AvgIpc) is 3.35. The third-order valence-electron chi connectivity index (χ3n) is 4.17. The molecule has 4 aromatic rings. The number of halogens is 2. The van der Waals surface area contributed by atoms with Crippen molar-refractivity contribution in [3.8, 4) is 21.9 Å². The minimum atomic E-state index is -0.742. The fourth-order valence-electron chi connectivity index (χ4n) is 2.81. The molecule has 0 aliphatic rings. The van der Waals surface area contributed by atoms with E-state index in [0.29, 0.717) is 11.6 Å². The summed E-state index contributed by atoms with van der Waals surface area (Å²) in [6.07, 6.45) is 0.867. The third-order valence-corrected chi connectivity index (χ3v) is 5.41. The number of nitrogens with zero attached hydrogens (tertiary/aromatic N) is 3. The Morgan fingerprint density at radius 2 is 1.82 bits per heavy atom. The molecule has 0 bridgehead atoms. The minimum Gasteiger partial charge on any atom is -0.423 e. The van der Waals surface area contributed by atoms with E-state index in [1.807, 2.05) is 24.3 Å². The van der Waals surface area contributed by atoms with Crippen LogP contribution in [0.4, 0.5) is 8.78 Å². The highest BCUT2D eigenvalue weighted by Gasteiger charge is 2.20. The Morgan fingerprint density at radius 3 is 2.54 bits per heavy atom. The van der Waals surface area contributed by atoms with Crippen LogP contribution >= 0.6 is 11.3 Å². The van der Waals surface area contributed by atoms with Crippen LogP contribution in [0.2, 0.25) is 0 Å². The van der Waals surface area contributed by atoms with Crippen molar-refractivity contribution in [1.82, 2.24) is 15.2 Å². The number of ketones is 1. The molecule has 0 spiro atoms. The Bertz CT molecular complexity index is 1140. The molecule has 8 heteroatoms. The molecule has 0 fully saturated rings. The smallest absolute Gasteiger partial charge is 0.247 e. The van der Waals surface area contributed by atoms with E-state index in [9.17, 15) is 13.6 Å². The van der Waals surface area contributed by atoms with Crippen molar-refractivity contribution in [1.29, 1.82) is 0 Å². The predicted molar refractivity (Wildman–Crippen MR) is 100.0 cm³/mol. The molecule has 0 saturated carbocycles. The lowest BCUT2D eigenvalue weighted by Gasteiger charge is -2.02. The average molecular weight is 397 g/mol. The van der Waals surface area contributed by atoms with Gasteiger partial charge in [-0.15, -0.1) is 21.5 Å². The number of Topliss-reactive ketones (excluding diaryl/α,β-unsaturated/α-hetero) is 1. The molecule has 0 aliphatic heterocycles. The Labute approximate surface area is 162 Å². The summed E-state index contributed by atoms with van der Waals surface area (Å²) in [6.45, 7) is 1.78. The number of carbonyl (C=O) groups is 1. The number of benzene rings is 2. The SMILES string of the molecule is Cc1nc(C(=O)Cc2c(F)cccc2F)sc1-c1cccc(-c2nnco2)c1. The monoisotopic (exact) mass is 397 g/mol. The second-order valence-electron chi connectivity index (χ2n) is 6.06. The Morgan fingerprint density at radius 1 is 1.11 bits per heavy atom. The van der Waals surface area contributed by atoms with Crippen molar-refractivity contribution < 1.29 is 18.0 Å². The summed E-state index contributed by atoms with van der Waals surface area (Å²) in [4.78, 5) is 17.6. The van der Waals surface area contributed by atoms with Gasteiger partial charge in [0, 0.05) is 17.5 Å². The van der Waals surface area contributed by atoms with Crippen molar-refractivity contribution >= 4 is 17.1 Å². The molecule has 0 aliphatic carbocycles. The molecule has 0 N–H and O–H groups in total. The molecule has 28 heavy (non-hydrogen) atoms. The van der Waals surface area contributed by atoms with E-state index in [1.54, 1.807) is 6.92 Å². The quantitative estimate of drug-likeness (QED) is 0.449. The maximum Gasteiger partial charge on any atom is 0.247 e. The molecule has 0 saturated heterocycles. The van der Waals surface area contributed by atoms with Gasteiger partial charge in [-0.2, -0.15) is 0 Å². The Balaban J connectivity index is 1.64. The van der Waals surface area contributed by atoms with Crippen molar-refractivity contribution in [2.75, 3.05) is 0 Å². The van der Waals surface area contributed by atoms with Crippen LogP contribution in [-0.2, 0) is 6.42 Å². The lowest BCUT2D eigenvalue weighted by atomic mass is 10.1. The molecule has 5 nitrogen and oxygen atoms in total. The number of aryl methyl sites for hydroxylation is 1. The summed E-state index contributed by atoms with van der Waals surface area (Å²) < 4.78 is 32.9. The van der Waals surface area contributed by atoms with Gasteiger partial charge in [0.1, 0.15) is 11.6 Å². The van der Waals surface area contributed by atoms with Crippen LogP contribution in [0.1, 0.15) is 21.1 Å². The van der Waals surface area contributed by atoms with Gasteiger partial charge in [-0.25, -0.2) is 13.8 Å². The standard InChI is InChI=1S/C20H13F2N3O2S/c1-11-18(12-4-2-5-13(8-12)19-25-23-10-27-19)28-20(24-11)17(26)9-14-15(21)6-3-7-16(14)22/h2-8,10H,9H2,1H3. The van der Waals surface area contributed by atoms with Gasteiger partial charge in [-0.3, -0.25) is 4.79 Å². The predicted octanol–water partition coefficient (Wildman–Crippen LogP) is 4.87. The molecule has 140 valence electrons. The van der Waals surface area contributed by atoms with Crippen molar-refractivity contribution in [2.45, 2.75) is 13.3 Å². The van der Waals surface area contributed by atoms with Crippen LogP contribution < -0.4 is 0 Å². The zero-order chi connectivity index (χ0) is 19.7. The maximum absolute atomic E-state index is 13.8. The van der Waals surface area contributed by atoms with Gasteiger partial charge in [-0.05, 0) is 36.8 Å². The van der Waals surface area contributed by atoms with E-state index in [-0.39, 0.29) is 17.0 Å². The highest BCUT2D eigenvalue weighted by atomic mass is 32.1. The number of aromatic nitrogens is 3. The summed E-state index contributed by atoms with van der Waals surface area (Å²) in [6, 6.07) is 10.9. The normalized spacial score (nSPS) is 11.0. The largest absolute Gasteiger partial charge is 0.423 e. The van der Waals surface area contributed by atoms with E-state index in [4.69, 9.17) is 4.42 Å². The summed E-state index contributed by atoms with van der Waals surface area (Å²) in [5.74, 6) is -1.53. The lowest BCUT2D eigenvalue weighted by Crippen LogP contribution is -2.07. The first kappa shape index (κ1) is 18.1. The second-order valence-corrected chi connectivity index (χ2v) is 7.06. The fraction of sp³-hybridized carbons (Fsp3) is 0.100. The molecular formula is C20H13F2N3O2S. The first-order chi connectivity index (χ1) is 13.5. The van der Waals surface area contributed by atoms with Gasteiger partial charge < -0.3 is 4.42 Å². The van der Waals surface area contributed by atoms with Crippen LogP contribution in [0.25, 0.3) is 21.9 Å². The number of rotatable bonds is 5. The molecule has 4 rings (SSSR count). The number of thiazole rings is 1. The molecular weight excluding hydrogens is 384 g/mol. The van der Waals surface area contributed by atoms with E-state index < -0.39 is 17.4 Å². The molecule has 0 radical (unpaired) electrons. The fourth-order valence-corrected chi connectivity index (χ4v) is 3.81. The molecule has 2 aromatic heterocycles. The van der Waals surface area contributed by atoms with E-state index in [1.165, 1.54) is 23.8 Å². The maximum atomic E-state index is 13.8. The van der Waals surface area contributed by atoms with E-state index in [2.05, 4.69) is 15.2 Å². The van der Waals surface area contributed by atoms with Crippen LogP contribution in [0.3, 0.4) is 0 Å². The Kier molecular flexibility index (Phi) is 4.79. The molecule has 0 atom stereocenters. The van der Waals surface area contributed by atoms with Gasteiger partial charge in [0.25, 0.3) is 0 Å². The second kappa shape index (κ2) is 7.40. The number of hydrogen-bond donors (Lipinski definition) is 0. The van der Waals surface area contributed by atoms with Gasteiger partial charge in [0.05, 0.1) is 10.6 Å². The van der Waals surface area contributed by atoms with Crippen LogP contribution in [0.15, 0.2) is 53.3 Å². The highest BCUT2D eigenvalue weighted by Crippen LogP contribution is 2.33. The summed E-state index contributed by atoms with van der Waals surface area (Å²) in [7, 11) is 0. The zero-order valence-electron chi connectivity index (χ0n) is 14.6. The number of hydrogen-bond acceptors (Lipinski definition) is 6. The highest BCUT2D eigenvalue weighted by molar-refractivity contribution is 7.17. The number of carbonyl (C=O) groups excluding carboxylic acids is 1. The van der Waals surface area contributed by atoms with E-state index >= 15 is 0 Å². The minimum absolute atomic E-state index is 0.207. The van der Waals surface area contributed by atoms with Gasteiger partial charge in [0.2, 0.25) is 12.3 Å². The summed E-state index contributed by atoms with van der Waals surface area (Å²) in [5.41, 5.74) is 1.98. The topological polar surface area (TPSA) is 68.9 Å². The third kappa shape index (κ3) is 3.46. The van der Waals surface area contributed by atoms with Crippen LogP contribution in [0, 0.1) is 18.6 Å². The van der Waals surface area contributed by atoms with E-state index in [0.717, 1.165) is 28.1 Å². The molecule has 0 unspecified atom stereocenters. The molecule has 0 amide bonds.